The molecule has 0 saturated carbocycles. The van der Waals surface area contributed by atoms with E-state index in [4.69, 9.17) is 0 Å². The van der Waals surface area contributed by atoms with Crippen LogP contribution in [0.3, 0.4) is 0 Å². The fraction of sp³-hybridized carbons (Fsp3) is 0.273. The molecular weight excluding hydrogens is 206 g/mol. The van der Waals surface area contributed by atoms with Crippen LogP contribution in [0.5, 0.6) is 0 Å². The van der Waals surface area contributed by atoms with Crippen molar-refractivity contribution in [2.45, 2.75) is 19.5 Å². The van der Waals surface area contributed by atoms with Gasteiger partial charge in [-0.2, -0.15) is 21.5 Å². The third-order valence-corrected chi connectivity index (χ3v) is 2.96. The van der Waals surface area contributed by atoms with E-state index in [-0.39, 0.29) is 0 Å². The van der Waals surface area contributed by atoms with Crippen LogP contribution in [0, 0.1) is 0 Å². The van der Waals surface area contributed by atoms with Crippen LogP contribution >= 0.6 is 11.3 Å². The third-order valence-electron chi connectivity index (χ3n) is 2.26. The van der Waals surface area contributed by atoms with Crippen LogP contribution in [0.25, 0.3) is 0 Å². The minimum Gasteiger partial charge on any atom is -0.304 e. The van der Waals surface area contributed by atoms with Gasteiger partial charge in [0.25, 0.3) is 0 Å². The second-order valence-corrected chi connectivity index (χ2v) is 4.15. The van der Waals surface area contributed by atoms with Crippen LogP contribution in [0.2, 0.25) is 0 Å². The Hall–Kier alpha value is -1.26. The molecule has 0 radical (unpaired) electrons. The molecule has 2 aromatic rings. The Bertz CT molecular complexity index is 385. The molecule has 0 aromatic carbocycles. The Kier molecular flexibility index (Phi) is 3.42. The van der Waals surface area contributed by atoms with Crippen LogP contribution in [0.1, 0.15) is 24.2 Å². The van der Waals surface area contributed by atoms with E-state index in [0.717, 1.165) is 12.2 Å². The summed E-state index contributed by atoms with van der Waals surface area (Å²) < 4.78 is 0. The lowest BCUT2D eigenvalue weighted by Gasteiger charge is -2.11. The third kappa shape index (κ3) is 2.84. The molecule has 2 rings (SSSR count). The summed E-state index contributed by atoms with van der Waals surface area (Å²) in [5, 5.41) is 15.5. The number of aromatic nitrogens is 2. The highest BCUT2D eigenvalue weighted by atomic mass is 32.1. The molecule has 0 aliphatic heterocycles. The van der Waals surface area contributed by atoms with Gasteiger partial charge < -0.3 is 5.32 Å². The number of nitrogens with zero attached hydrogens (tertiary/aromatic N) is 2. The molecular formula is C11H13N3S. The molecule has 0 aliphatic rings. The quantitative estimate of drug-likeness (QED) is 0.858. The van der Waals surface area contributed by atoms with Crippen molar-refractivity contribution in [2.24, 2.45) is 0 Å². The molecule has 0 saturated heterocycles. The van der Waals surface area contributed by atoms with Gasteiger partial charge in [0, 0.05) is 18.8 Å². The summed E-state index contributed by atoms with van der Waals surface area (Å²) in [6.07, 6.45) is 1.69. The highest BCUT2D eigenvalue weighted by Gasteiger charge is 2.04. The molecule has 3 nitrogen and oxygen atoms in total. The molecule has 1 N–H and O–H groups in total. The monoisotopic (exact) mass is 219 g/mol. The maximum atomic E-state index is 4.02. The first-order chi connectivity index (χ1) is 7.36. The molecule has 2 heterocycles. The Morgan fingerprint density at radius 1 is 1.47 bits per heavy atom. The number of thiophene rings is 1. The van der Waals surface area contributed by atoms with E-state index < -0.39 is 0 Å². The predicted octanol–water partition coefficient (Wildman–Crippen LogP) is 2.39. The Morgan fingerprint density at radius 2 is 2.40 bits per heavy atom. The first kappa shape index (κ1) is 10.3. The highest BCUT2D eigenvalue weighted by Crippen LogP contribution is 2.15. The number of hydrogen-bond donors (Lipinski definition) is 1. The molecule has 1 atom stereocenters. The summed E-state index contributed by atoms with van der Waals surface area (Å²) in [7, 11) is 0. The smallest absolute Gasteiger partial charge is 0.0769 e. The Labute approximate surface area is 93.2 Å². The molecule has 0 aliphatic carbocycles. The zero-order valence-corrected chi connectivity index (χ0v) is 9.37. The number of hydrogen-bond acceptors (Lipinski definition) is 4. The van der Waals surface area contributed by atoms with Crippen molar-refractivity contribution in [2.75, 3.05) is 0 Å². The van der Waals surface area contributed by atoms with Gasteiger partial charge in [-0.3, -0.25) is 0 Å². The van der Waals surface area contributed by atoms with E-state index in [1.807, 2.05) is 12.1 Å². The molecule has 78 valence electrons. The standard InChI is InChI=1S/C11H13N3S/c1-9(10-4-6-15-8-10)12-7-11-3-2-5-13-14-11/h2-6,8-9,12H,7H2,1H3. The van der Waals surface area contributed by atoms with Crippen molar-refractivity contribution in [1.29, 1.82) is 0 Å². The van der Waals surface area contributed by atoms with Gasteiger partial charge in [0.15, 0.2) is 0 Å². The normalized spacial score (nSPS) is 12.6. The zero-order valence-electron chi connectivity index (χ0n) is 8.55. The number of nitrogens with one attached hydrogen (secondary N) is 1. The minimum absolute atomic E-state index is 0.359. The average molecular weight is 219 g/mol. The summed E-state index contributed by atoms with van der Waals surface area (Å²) >= 11 is 1.72. The summed E-state index contributed by atoms with van der Waals surface area (Å²) in [5.41, 5.74) is 2.29. The summed E-state index contributed by atoms with van der Waals surface area (Å²) in [6.45, 7) is 2.91. The number of rotatable bonds is 4. The predicted molar refractivity (Wildman–Crippen MR) is 61.6 cm³/mol. The fourth-order valence-electron chi connectivity index (χ4n) is 1.32. The molecule has 0 fully saturated rings. The van der Waals surface area contributed by atoms with Crippen molar-refractivity contribution >= 4 is 11.3 Å². The van der Waals surface area contributed by atoms with Gasteiger partial charge in [0.05, 0.1) is 5.69 Å². The lowest BCUT2D eigenvalue weighted by Crippen LogP contribution is -2.18. The highest BCUT2D eigenvalue weighted by molar-refractivity contribution is 7.07. The van der Waals surface area contributed by atoms with Crippen LogP contribution < -0.4 is 5.32 Å². The molecule has 0 bridgehead atoms. The van der Waals surface area contributed by atoms with E-state index >= 15 is 0 Å². The average Bonchev–Trinajstić information content (AvgIpc) is 2.81. The SMILES string of the molecule is CC(NCc1cccnn1)c1ccsc1. The van der Waals surface area contributed by atoms with Gasteiger partial charge in [-0.05, 0) is 41.4 Å². The summed E-state index contributed by atoms with van der Waals surface area (Å²) in [5.74, 6) is 0. The topological polar surface area (TPSA) is 37.8 Å². The van der Waals surface area contributed by atoms with E-state index in [1.165, 1.54) is 5.56 Å². The lowest BCUT2D eigenvalue weighted by molar-refractivity contribution is 0.565. The molecule has 15 heavy (non-hydrogen) atoms. The van der Waals surface area contributed by atoms with Crippen molar-refractivity contribution < 1.29 is 0 Å². The summed E-state index contributed by atoms with van der Waals surface area (Å²) in [4.78, 5) is 0. The van der Waals surface area contributed by atoms with Crippen molar-refractivity contribution in [3.05, 3.63) is 46.4 Å². The molecule has 0 spiro atoms. The van der Waals surface area contributed by atoms with E-state index in [0.29, 0.717) is 6.04 Å². The van der Waals surface area contributed by atoms with Crippen LogP contribution in [0.4, 0.5) is 0 Å². The second-order valence-electron chi connectivity index (χ2n) is 3.37. The van der Waals surface area contributed by atoms with Crippen LogP contribution in [-0.2, 0) is 6.54 Å². The minimum atomic E-state index is 0.359. The zero-order chi connectivity index (χ0) is 10.5. The first-order valence-electron chi connectivity index (χ1n) is 4.88. The van der Waals surface area contributed by atoms with Gasteiger partial charge in [0.2, 0.25) is 0 Å². The maximum absolute atomic E-state index is 4.02. The van der Waals surface area contributed by atoms with Crippen molar-refractivity contribution in [3.8, 4) is 0 Å². The molecule has 1 unspecified atom stereocenters. The van der Waals surface area contributed by atoms with Crippen LogP contribution in [0.15, 0.2) is 35.2 Å². The van der Waals surface area contributed by atoms with Gasteiger partial charge >= 0.3 is 0 Å². The van der Waals surface area contributed by atoms with E-state index in [2.05, 4.69) is 39.3 Å². The van der Waals surface area contributed by atoms with Gasteiger partial charge in [-0.25, -0.2) is 0 Å². The molecule has 4 heteroatoms. The van der Waals surface area contributed by atoms with Gasteiger partial charge in [-0.15, -0.1) is 0 Å². The largest absolute Gasteiger partial charge is 0.304 e. The Morgan fingerprint density at radius 3 is 3.07 bits per heavy atom. The first-order valence-corrected chi connectivity index (χ1v) is 5.82. The summed E-state index contributed by atoms with van der Waals surface area (Å²) in [6, 6.07) is 6.37. The Balaban J connectivity index is 1.89. The lowest BCUT2D eigenvalue weighted by atomic mass is 10.2. The second kappa shape index (κ2) is 5.00. The van der Waals surface area contributed by atoms with Crippen LogP contribution in [-0.4, -0.2) is 10.2 Å². The van der Waals surface area contributed by atoms with Crippen molar-refractivity contribution in [1.82, 2.24) is 15.5 Å². The van der Waals surface area contributed by atoms with E-state index in [9.17, 15) is 0 Å². The fourth-order valence-corrected chi connectivity index (χ4v) is 2.08. The molecule has 2 aromatic heterocycles. The van der Waals surface area contributed by atoms with Crippen molar-refractivity contribution in [3.63, 3.8) is 0 Å². The van der Waals surface area contributed by atoms with Gasteiger partial charge in [0.1, 0.15) is 0 Å². The maximum Gasteiger partial charge on any atom is 0.0769 e. The molecule has 0 amide bonds. The van der Waals surface area contributed by atoms with Gasteiger partial charge in [-0.1, -0.05) is 0 Å². The van der Waals surface area contributed by atoms with E-state index in [1.54, 1.807) is 17.5 Å².